The third-order valence-electron chi connectivity index (χ3n) is 2.45. The molecule has 0 saturated heterocycles. The zero-order valence-electron chi connectivity index (χ0n) is 8.45. The fraction of sp³-hybridized carbons (Fsp3) is 0.636. The van der Waals surface area contributed by atoms with Crippen LogP contribution in [0.25, 0.3) is 0 Å². The third-order valence-corrected chi connectivity index (χ3v) is 2.45. The van der Waals surface area contributed by atoms with Crippen LogP contribution in [-0.4, -0.2) is 20.0 Å². The molecule has 0 aromatic heterocycles. The molecule has 0 saturated carbocycles. The zero-order chi connectivity index (χ0) is 9.68. The van der Waals surface area contributed by atoms with Gasteiger partial charge in [-0.3, -0.25) is 0 Å². The Balaban J connectivity index is 2.58. The standard InChI is InChI=1S/C11H18O2/c1-4-10-7-5-6-9(2)11(10)13-8-12-3/h4,7,9,11H,1,5-6,8H2,2-3H3/t9-,11+/m1/s1. The normalized spacial score (nSPS) is 28.3. The quantitative estimate of drug-likeness (QED) is 0.622. The molecule has 2 heteroatoms. The summed E-state index contributed by atoms with van der Waals surface area (Å²) < 4.78 is 10.5. The first-order chi connectivity index (χ1) is 6.29. The van der Waals surface area contributed by atoms with Gasteiger partial charge in [-0.05, 0) is 24.3 Å². The van der Waals surface area contributed by atoms with Gasteiger partial charge in [-0.25, -0.2) is 0 Å². The van der Waals surface area contributed by atoms with Crippen molar-refractivity contribution in [1.82, 2.24) is 0 Å². The molecule has 1 aliphatic rings. The monoisotopic (exact) mass is 182 g/mol. The fourth-order valence-electron chi connectivity index (χ4n) is 1.71. The lowest BCUT2D eigenvalue weighted by Gasteiger charge is -2.28. The molecule has 2 atom stereocenters. The summed E-state index contributed by atoms with van der Waals surface area (Å²) >= 11 is 0. The lowest BCUT2D eigenvalue weighted by atomic mass is 9.87. The van der Waals surface area contributed by atoms with Gasteiger partial charge >= 0.3 is 0 Å². The summed E-state index contributed by atoms with van der Waals surface area (Å²) in [6, 6.07) is 0. The Hall–Kier alpha value is -0.600. The van der Waals surface area contributed by atoms with E-state index in [1.807, 2.05) is 6.08 Å². The van der Waals surface area contributed by atoms with Crippen LogP contribution < -0.4 is 0 Å². The van der Waals surface area contributed by atoms with Gasteiger partial charge in [0, 0.05) is 7.11 Å². The van der Waals surface area contributed by atoms with E-state index in [4.69, 9.17) is 9.47 Å². The topological polar surface area (TPSA) is 18.5 Å². The summed E-state index contributed by atoms with van der Waals surface area (Å²) in [4.78, 5) is 0. The second-order valence-corrected chi connectivity index (χ2v) is 3.46. The van der Waals surface area contributed by atoms with Gasteiger partial charge in [-0.2, -0.15) is 0 Å². The largest absolute Gasteiger partial charge is 0.359 e. The molecular weight excluding hydrogens is 164 g/mol. The number of methoxy groups -OCH3 is 1. The predicted octanol–water partition coefficient (Wildman–Crippen LogP) is 2.52. The highest BCUT2D eigenvalue weighted by molar-refractivity contribution is 5.24. The number of ether oxygens (including phenoxy) is 2. The maximum absolute atomic E-state index is 5.59. The molecule has 0 spiro atoms. The van der Waals surface area contributed by atoms with E-state index in [-0.39, 0.29) is 6.10 Å². The molecule has 0 bridgehead atoms. The summed E-state index contributed by atoms with van der Waals surface area (Å²) in [6.07, 6.45) is 6.58. The summed E-state index contributed by atoms with van der Waals surface area (Å²) in [5.41, 5.74) is 1.20. The Labute approximate surface area is 80.2 Å². The van der Waals surface area contributed by atoms with Crippen molar-refractivity contribution in [2.24, 2.45) is 5.92 Å². The summed E-state index contributed by atoms with van der Waals surface area (Å²) in [6.45, 7) is 6.35. The van der Waals surface area contributed by atoms with Gasteiger partial charge in [-0.1, -0.05) is 25.7 Å². The molecule has 0 amide bonds. The van der Waals surface area contributed by atoms with Crippen LogP contribution in [0.3, 0.4) is 0 Å². The van der Waals surface area contributed by atoms with Gasteiger partial charge in [0.05, 0.1) is 6.10 Å². The van der Waals surface area contributed by atoms with E-state index in [0.29, 0.717) is 12.7 Å². The summed E-state index contributed by atoms with van der Waals surface area (Å²) in [5.74, 6) is 0.563. The average Bonchev–Trinajstić information content (AvgIpc) is 2.15. The van der Waals surface area contributed by atoms with E-state index in [1.54, 1.807) is 7.11 Å². The first kappa shape index (κ1) is 10.5. The lowest BCUT2D eigenvalue weighted by molar-refractivity contribution is -0.0762. The van der Waals surface area contributed by atoms with Crippen LogP contribution in [0, 0.1) is 5.92 Å². The van der Waals surface area contributed by atoms with E-state index in [2.05, 4.69) is 19.6 Å². The van der Waals surface area contributed by atoms with Crippen molar-refractivity contribution in [2.75, 3.05) is 13.9 Å². The molecule has 0 fully saturated rings. The van der Waals surface area contributed by atoms with Gasteiger partial charge in [0.1, 0.15) is 6.79 Å². The Morgan fingerprint density at radius 2 is 2.46 bits per heavy atom. The van der Waals surface area contributed by atoms with Crippen molar-refractivity contribution < 1.29 is 9.47 Å². The van der Waals surface area contributed by atoms with Crippen LogP contribution >= 0.6 is 0 Å². The van der Waals surface area contributed by atoms with E-state index in [1.165, 1.54) is 12.0 Å². The first-order valence-corrected chi connectivity index (χ1v) is 4.72. The molecule has 0 aromatic carbocycles. The lowest BCUT2D eigenvalue weighted by Crippen LogP contribution is -2.27. The second kappa shape index (κ2) is 5.20. The van der Waals surface area contributed by atoms with Crippen LogP contribution in [0.2, 0.25) is 0 Å². The van der Waals surface area contributed by atoms with Crippen molar-refractivity contribution in [3.05, 3.63) is 24.3 Å². The highest BCUT2D eigenvalue weighted by Gasteiger charge is 2.23. The SMILES string of the molecule is C=CC1=CCC[C@@H](C)[C@@H]1OCOC. The molecule has 1 aliphatic carbocycles. The van der Waals surface area contributed by atoms with E-state index >= 15 is 0 Å². The Bertz CT molecular complexity index is 196. The van der Waals surface area contributed by atoms with Gasteiger partial charge in [0.15, 0.2) is 0 Å². The Kier molecular flexibility index (Phi) is 4.19. The molecule has 0 radical (unpaired) electrons. The van der Waals surface area contributed by atoms with Crippen molar-refractivity contribution in [3.63, 3.8) is 0 Å². The molecule has 74 valence electrons. The molecule has 0 aliphatic heterocycles. The first-order valence-electron chi connectivity index (χ1n) is 4.72. The minimum atomic E-state index is 0.172. The zero-order valence-corrected chi connectivity index (χ0v) is 8.45. The number of rotatable bonds is 4. The van der Waals surface area contributed by atoms with Crippen molar-refractivity contribution in [2.45, 2.75) is 25.9 Å². The second-order valence-electron chi connectivity index (χ2n) is 3.46. The highest BCUT2D eigenvalue weighted by Crippen LogP contribution is 2.27. The maximum Gasteiger partial charge on any atom is 0.147 e. The molecule has 13 heavy (non-hydrogen) atoms. The fourth-order valence-corrected chi connectivity index (χ4v) is 1.71. The van der Waals surface area contributed by atoms with E-state index in [9.17, 15) is 0 Å². The molecule has 0 N–H and O–H groups in total. The third kappa shape index (κ3) is 2.68. The van der Waals surface area contributed by atoms with Crippen molar-refractivity contribution in [1.29, 1.82) is 0 Å². The van der Waals surface area contributed by atoms with Crippen LogP contribution in [0.4, 0.5) is 0 Å². The van der Waals surface area contributed by atoms with Crippen LogP contribution in [0.15, 0.2) is 24.3 Å². The molecule has 0 aromatic rings. The molecule has 0 unspecified atom stereocenters. The van der Waals surface area contributed by atoms with Crippen LogP contribution in [0.1, 0.15) is 19.8 Å². The molecular formula is C11H18O2. The van der Waals surface area contributed by atoms with E-state index in [0.717, 1.165) is 6.42 Å². The number of hydrogen-bond donors (Lipinski definition) is 0. The van der Waals surface area contributed by atoms with Crippen molar-refractivity contribution in [3.8, 4) is 0 Å². The summed E-state index contributed by atoms with van der Waals surface area (Å²) in [5, 5.41) is 0. The molecule has 0 heterocycles. The smallest absolute Gasteiger partial charge is 0.147 e. The van der Waals surface area contributed by atoms with Crippen LogP contribution in [-0.2, 0) is 9.47 Å². The van der Waals surface area contributed by atoms with Crippen molar-refractivity contribution >= 4 is 0 Å². The number of allylic oxidation sites excluding steroid dienone is 1. The average molecular weight is 182 g/mol. The predicted molar refractivity (Wildman–Crippen MR) is 53.4 cm³/mol. The number of hydrogen-bond acceptors (Lipinski definition) is 2. The maximum atomic E-state index is 5.59. The van der Waals surface area contributed by atoms with Crippen LogP contribution in [0.5, 0.6) is 0 Å². The highest BCUT2D eigenvalue weighted by atomic mass is 16.7. The summed E-state index contributed by atoms with van der Waals surface area (Å²) in [7, 11) is 1.64. The Morgan fingerprint density at radius 1 is 1.69 bits per heavy atom. The minimum Gasteiger partial charge on any atom is -0.359 e. The molecule has 1 rings (SSSR count). The Morgan fingerprint density at radius 3 is 3.08 bits per heavy atom. The van der Waals surface area contributed by atoms with E-state index < -0.39 is 0 Å². The molecule has 2 nitrogen and oxygen atoms in total. The van der Waals surface area contributed by atoms with Gasteiger partial charge < -0.3 is 9.47 Å². The van der Waals surface area contributed by atoms with Gasteiger partial charge in [-0.15, -0.1) is 0 Å². The van der Waals surface area contributed by atoms with Gasteiger partial charge in [0.2, 0.25) is 0 Å². The minimum absolute atomic E-state index is 0.172. The van der Waals surface area contributed by atoms with Gasteiger partial charge in [0.25, 0.3) is 0 Å².